The predicted molar refractivity (Wildman–Crippen MR) is 108 cm³/mol. The molecule has 10 heteroatoms. The third kappa shape index (κ3) is 4.93. The molecule has 28 heavy (non-hydrogen) atoms. The van der Waals surface area contributed by atoms with E-state index in [2.05, 4.69) is 10.4 Å². The average Bonchev–Trinajstić information content (AvgIpc) is 2.66. The molecule has 0 aliphatic rings. The molecule has 0 radical (unpaired) electrons. The molecule has 152 valence electrons. The summed E-state index contributed by atoms with van der Waals surface area (Å²) in [6, 6.07) is 7.22. The Bertz CT molecular complexity index is 924. The normalized spacial score (nSPS) is 10.9. The lowest BCUT2D eigenvalue weighted by Gasteiger charge is -2.26. The van der Waals surface area contributed by atoms with Gasteiger partial charge in [0.2, 0.25) is 5.43 Å². The van der Waals surface area contributed by atoms with Crippen LogP contribution in [0, 0.1) is 17.0 Å². The molecular formula is C18H24ClN5O4. The Morgan fingerprint density at radius 3 is 2.50 bits per heavy atom. The van der Waals surface area contributed by atoms with Crippen LogP contribution in [0.1, 0.15) is 42.9 Å². The molecule has 9 nitrogen and oxygen atoms in total. The first-order valence-electron chi connectivity index (χ1n) is 8.64. The van der Waals surface area contributed by atoms with E-state index in [-0.39, 0.29) is 36.0 Å². The summed E-state index contributed by atoms with van der Waals surface area (Å²) in [6.45, 7) is 5.62. The second-order valence-electron chi connectivity index (χ2n) is 6.41. The van der Waals surface area contributed by atoms with Gasteiger partial charge in [-0.2, -0.15) is 5.10 Å². The van der Waals surface area contributed by atoms with Crippen molar-refractivity contribution in [1.29, 1.82) is 0 Å². The van der Waals surface area contributed by atoms with E-state index in [1.807, 2.05) is 13.8 Å². The fourth-order valence-electron chi connectivity index (χ4n) is 2.59. The van der Waals surface area contributed by atoms with Crippen molar-refractivity contribution in [3.8, 4) is 5.69 Å². The summed E-state index contributed by atoms with van der Waals surface area (Å²) in [6.07, 6.45) is 1.32. The fraction of sp³-hybridized carbons (Fsp3) is 0.389. The van der Waals surface area contributed by atoms with Gasteiger partial charge in [0, 0.05) is 29.9 Å². The van der Waals surface area contributed by atoms with Crippen LogP contribution in [0.3, 0.4) is 0 Å². The van der Waals surface area contributed by atoms with Crippen LogP contribution in [0.25, 0.3) is 5.69 Å². The highest BCUT2D eigenvalue weighted by Crippen LogP contribution is 2.22. The quantitative estimate of drug-likeness (QED) is 0.531. The van der Waals surface area contributed by atoms with E-state index < -0.39 is 21.8 Å². The first-order chi connectivity index (χ1) is 12.7. The van der Waals surface area contributed by atoms with Crippen LogP contribution in [0.15, 0.2) is 35.1 Å². The maximum absolute atomic E-state index is 12.5. The van der Waals surface area contributed by atoms with Crippen molar-refractivity contribution < 1.29 is 9.72 Å². The summed E-state index contributed by atoms with van der Waals surface area (Å²) in [5, 5.41) is 18.0. The summed E-state index contributed by atoms with van der Waals surface area (Å²) in [4.78, 5) is 35.5. The van der Waals surface area contributed by atoms with Crippen LogP contribution in [-0.4, -0.2) is 32.7 Å². The van der Waals surface area contributed by atoms with Crippen molar-refractivity contribution in [2.75, 3.05) is 6.54 Å². The van der Waals surface area contributed by atoms with Crippen LogP contribution in [0.2, 0.25) is 0 Å². The van der Waals surface area contributed by atoms with Gasteiger partial charge in [-0.25, -0.2) is 4.68 Å². The lowest BCUT2D eigenvalue weighted by molar-refractivity contribution is -0.384. The number of para-hydroxylation sites is 2. The summed E-state index contributed by atoms with van der Waals surface area (Å²) < 4.78 is 1.23. The minimum absolute atomic E-state index is 0. The maximum Gasteiger partial charge on any atom is 0.294 e. The van der Waals surface area contributed by atoms with Crippen molar-refractivity contribution in [2.45, 2.75) is 39.2 Å². The van der Waals surface area contributed by atoms with E-state index in [1.54, 1.807) is 13.0 Å². The third-order valence-corrected chi connectivity index (χ3v) is 4.64. The van der Waals surface area contributed by atoms with Gasteiger partial charge in [0.25, 0.3) is 11.6 Å². The Hall–Kier alpha value is -2.78. The molecule has 0 bridgehead atoms. The number of hydrogen-bond donors (Lipinski definition) is 2. The summed E-state index contributed by atoms with van der Waals surface area (Å²) in [5.41, 5.74) is 5.06. The van der Waals surface area contributed by atoms with Crippen LogP contribution < -0.4 is 16.5 Å². The maximum atomic E-state index is 12.5. The van der Waals surface area contributed by atoms with Crippen LogP contribution >= 0.6 is 12.4 Å². The smallest absolute Gasteiger partial charge is 0.294 e. The Morgan fingerprint density at radius 1 is 1.32 bits per heavy atom. The Morgan fingerprint density at radius 2 is 1.93 bits per heavy atom. The Labute approximate surface area is 168 Å². The van der Waals surface area contributed by atoms with Gasteiger partial charge in [0.1, 0.15) is 5.69 Å². The SMILES string of the molecule is CCC(N)(CC)CNC(=O)c1nn(-c2ccccc2[N+](=O)[O-])c(C)cc1=O.Cl. The molecule has 0 spiro atoms. The van der Waals surface area contributed by atoms with Crippen LogP contribution in [-0.2, 0) is 0 Å². The minimum atomic E-state index is -0.663. The zero-order valence-corrected chi connectivity index (χ0v) is 16.8. The van der Waals surface area contributed by atoms with E-state index in [9.17, 15) is 19.7 Å². The average molecular weight is 410 g/mol. The second kappa shape index (κ2) is 9.43. The number of nitrogens with two attached hydrogens (primary N) is 1. The zero-order valence-electron chi connectivity index (χ0n) is 16.0. The van der Waals surface area contributed by atoms with Gasteiger partial charge < -0.3 is 11.1 Å². The van der Waals surface area contributed by atoms with Crippen LogP contribution in [0.5, 0.6) is 0 Å². The van der Waals surface area contributed by atoms with E-state index in [0.29, 0.717) is 18.5 Å². The van der Waals surface area contributed by atoms with Gasteiger partial charge in [-0.3, -0.25) is 19.7 Å². The van der Waals surface area contributed by atoms with E-state index in [0.717, 1.165) is 0 Å². The van der Waals surface area contributed by atoms with Gasteiger partial charge in [-0.1, -0.05) is 26.0 Å². The van der Waals surface area contributed by atoms with Crippen molar-refractivity contribution in [1.82, 2.24) is 15.1 Å². The highest BCUT2D eigenvalue weighted by Gasteiger charge is 2.24. The topological polar surface area (TPSA) is 133 Å². The number of rotatable bonds is 7. The number of nitrogens with zero attached hydrogens (tertiary/aromatic N) is 3. The number of aryl methyl sites for hydroxylation is 1. The summed E-state index contributed by atoms with van der Waals surface area (Å²) in [7, 11) is 0. The monoisotopic (exact) mass is 409 g/mol. The molecule has 1 heterocycles. The lowest BCUT2D eigenvalue weighted by atomic mass is 9.94. The number of halogens is 1. The molecule has 1 aromatic carbocycles. The number of carbonyl (C=O) groups is 1. The molecule has 2 aromatic rings. The molecule has 0 aliphatic carbocycles. The minimum Gasteiger partial charge on any atom is -0.349 e. The van der Waals surface area contributed by atoms with Gasteiger partial charge in [0.15, 0.2) is 5.69 Å². The number of benzene rings is 1. The molecule has 0 aliphatic heterocycles. The predicted octanol–water partition coefficient (Wildman–Crippen LogP) is 2.12. The van der Waals surface area contributed by atoms with Gasteiger partial charge >= 0.3 is 0 Å². The summed E-state index contributed by atoms with van der Waals surface area (Å²) in [5.74, 6) is -0.663. The van der Waals surface area contributed by atoms with Gasteiger partial charge in [-0.15, -0.1) is 12.4 Å². The number of nitro groups is 1. The van der Waals surface area contributed by atoms with E-state index in [1.165, 1.54) is 28.9 Å². The molecule has 3 N–H and O–H groups in total. The first kappa shape index (κ1) is 23.3. The molecule has 0 saturated heterocycles. The molecule has 0 unspecified atom stereocenters. The van der Waals surface area contributed by atoms with Crippen molar-refractivity contribution in [2.24, 2.45) is 5.73 Å². The third-order valence-electron chi connectivity index (χ3n) is 4.64. The Balaban J connectivity index is 0.00000392. The standard InChI is InChI=1S/C18H23N5O4.ClH/c1-4-18(19,5-2)11-20-17(25)16-15(24)10-12(3)22(21-16)13-8-6-7-9-14(13)23(26)27;/h6-10H,4-5,11,19H2,1-3H3,(H,20,25);1H. The number of nitrogens with one attached hydrogen (secondary N) is 1. The number of hydrogen-bond acceptors (Lipinski definition) is 6. The number of aromatic nitrogens is 2. The number of amides is 1. The number of nitro benzene ring substituents is 1. The highest BCUT2D eigenvalue weighted by atomic mass is 35.5. The molecule has 0 saturated carbocycles. The van der Waals surface area contributed by atoms with Gasteiger partial charge in [0.05, 0.1) is 4.92 Å². The summed E-state index contributed by atoms with van der Waals surface area (Å²) >= 11 is 0. The molecule has 2 rings (SSSR count). The Kier molecular flexibility index (Phi) is 7.83. The van der Waals surface area contributed by atoms with Crippen LogP contribution in [0.4, 0.5) is 5.69 Å². The highest BCUT2D eigenvalue weighted by molar-refractivity contribution is 5.92. The largest absolute Gasteiger partial charge is 0.349 e. The van der Waals surface area contributed by atoms with E-state index in [4.69, 9.17) is 5.73 Å². The molecular weight excluding hydrogens is 386 g/mol. The van der Waals surface area contributed by atoms with Gasteiger partial charge in [-0.05, 0) is 25.8 Å². The van der Waals surface area contributed by atoms with Crippen molar-refractivity contribution >= 4 is 24.0 Å². The van der Waals surface area contributed by atoms with Crippen molar-refractivity contribution in [3.05, 3.63) is 62.1 Å². The number of carbonyl (C=O) groups excluding carboxylic acids is 1. The lowest BCUT2D eigenvalue weighted by Crippen LogP contribution is -2.50. The molecule has 1 amide bonds. The first-order valence-corrected chi connectivity index (χ1v) is 8.64. The zero-order chi connectivity index (χ0) is 20.2. The molecule has 0 fully saturated rings. The molecule has 0 atom stereocenters. The second-order valence-corrected chi connectivity index (χ2v) is 6.41. The van der Waals surface area contributed by atoms with E-state index >= 15 is 0 Å². The molecule has 1 aromatic heterocycles. The fourth-order valence-corrected chi connectivity index (χ4v) is 2.59. The van der Waals surface area contributed by atoms with Crippen molar-refractivity contribution in [3.63, 3.8) is 0 Å².